The van der Waals surface area contributed by atoms with E-state index >= 15 is 0 Å². The van der Waals surface area contributed by atoms with Crippen molar-refractivity contribution < 1.29 is 18.0 Å². The van der Waals surface area contributed by atoms with Crippen LogP contribution in [0.3, 0.4) is 0 Å². The van der Waals surface area contributed by atoms with E-state index in [9.17, 15) is 18.0 Å². The average molecular weight is 653 g/mol. The smallest absolute Gasteiger partial charge is 0.264 e. The first-order chi connectivity index (χ1) is 21.1. The molecular weight excluding hydrogens is 617 g/mol. The highest BCUT2D eigenvalue weighted by molar-refractivity contribution is 7.92. The third-order valence-corrected chi connectivity index (χ3v) is 9.43. The van der Waals surface area contributed by atoms with Crippen LogP contribution in [0, 0.1) is 6.92 Å². The lowest BCUT2D eigenvalue weighted by atomic mass is 10.0. The van der Waals surface area contributed by atoms with Gasteiger partial charge in [0, 0.05) is 29.6 Å². The van der Waals surface area contributed by atoms with Crippen LogP contribution < -0.4 is 9.62 Å². The van der Waals surface area contributed by atoms with Crippen molar-refractivity contribution in [2.45, 2.75) is 44.2 Å². The van der Waals surface area contributed by atoms with Crippen LogP contribution in [0.4, 0.5) is 5.69 Å². The van der Waals surface area contributed by atoms with Gasteiger partial charge in [-0.1, -0.05) is 90.8 Å². The molecule has 0 fully saturated rings. The Hall–Kier alpha value is -3.85. The number of rotatable bonds is 13. The topological polar surface area (TPSA) is 86.8 Å². The molecule has 0 aliphatic carbocycles. The van der Waals surface area contributed by atoms with E-state index in [1.807, 2.05) is 37.3 Å². The van der Waals surface area contributed by atoms with Gasteiger partial charge in [0.15, 0.2) is 0 Å². The quantitative estimate of drug-likeness (QED) is 0.175. The fourth-order valence-electron chi connectivity index (χ4n) is 4.80. The summed E-state index contributed by atoms with van der Waals surface area (Å²) in [7, 11) is -4.21. The maximum Gasteiger partial charge on any atom is 0.264 e. The van der Waals surface area contributed by atoms with Gasteiger partial charge >= 0.3 is 0 Å². The monoisotopic (exact) mass is 651 g/mol. The lowest BCUT2D eigenvalue weighted by Crippen LogP contribution is -2.53. The highest BCUT2D eigenvalue weighted by Crippen LogP contribution is 2.28. The first-order valence-electron chi connectivity index (χ1n) is 14.3. The van der Waals surface area contributed by atoms with Crippen molar-refractivity contribution >= 4 is 50.7 Å². The summed E-state index contributed by atoms with van der Waals surface area (Å²) in [6.07, 6.45) is 0.958. The molecule has 0 unspecified atom stereocenters. The Morgan fingerprint density at radius 2 is 1.39 bits per heavy atom. The Labute approximate surface area is 269 Å². The van der Waals surface area contributed by atoms with Gasteiger partial charge in [-0.05, 0) is 72.5 Å². The van der Waals surface area contributed by atoms with Crippen LogP contribution in [0.1, 0.15) is 30.0 Å². The molecule has 0 spiro atoms. The first-order valence-corrected chi connectivity index (χ1v) is 16.5. The molecule has 1 N–H and O–H groups in total. The molecule has 2 amide bonds. The number of sulfonamides is 1. The molecule has 4 aromatic rings. The maximum atomic E-state index is 14.4. The second-order valence-corrected chi connectivity index (χ2v) is 13.1. The second kappa shape index (κ2) is 15.2. The molecule has 0 aliphatic rings. The molecule has 0 aliphatic heterocycles. The lowest BCUT2D eigenvalue weighted by molar-refractivity contribution is -0.140. The molecule has 0 aromatic heterocycles. The van der Waals surface area contributed by atoms with E-state index in [4.69, 9.17) is 23.2 Å². The van der Waals surface area contributed by atoms with Gasteiger partial charge < -0.3 is 10.2 Å². The third kappa shape index (κ3) is 8.40. The van der Waals surface area contributed by atoms with Gasteiger partial charge in [-0.25, -0.2) is 8.42 Å². The normalized spacial score (nSPS) is 11.9. The van der Waals surface area contributed by atoms with Crippen molar-refractivity contribution in [1.29, 1.82) is 0 Å². The number of aryl methyl sites for hydroxylation is 1. The number of nitrogens with zero attached hydrogens (tertiary/aromatic N) is 2. The van der Waals surface area contributed by atoms with Gasteiger partial charge in [0.1, 0.15) is 12.6 Å². The largest absolute Gasteiger partial charge is 0.354 e. The van der Waals surface area contributed by atoms with E-state index in [2.05, 4.69) is 5.32 Å². The van der Waals surface area contributed by atoms with E-state index in [0.29, 0.717) is 27.8 Å². The number of carbonyl (C=O) groups excluding carboxylic acids is 2. The standard InChI is InChI=1S/C34H35Cl2N3O4S/c1-3-21-37-34(41)32(22-26-10-5-4-6-11-26)38(23-27-13-15-28(35)16-14-27)33(40)24-39(31-12-8-7-9-25(31)2)44(42,43)30-19-17-29(36)18-20-30/h4-20,32H,3,21-24H2,1-2H3,(H,37,41)/t32-/m0/s1. The number of hydrogen-bond acceptors (Lipinski definition) is 4. The van der Waals surface area contributed by atoms with Gasteiger partial charge in [-0.3, -0.25) is 13.9 Å². The second-order valence-electron chi connectivity index (χ2n) is 10.4. The molecular formula is C34H35Cl2N3O4S. The minimum atomic E-state index is -4.21. The van der Waals surface area contributed by atoms with Crippen molar-refractivity contribution in [3.05, 3.63) is 130 Å². The molecule has 44 heavy (non-hydrogen) atoms. The number of halogens is 2. The average Bonchev–Trinajstić information content (AvgIpc) is 3.02. The van der Waals surface area contributed by atoms with Crippen LogP contribution in [0.25, 0.3) is 0 Å². The van der Waals surface area contributed by atoms with Crippen LogP contribution in [-0.4, -0.2) is 44.3 Å². The Morgan fingerprint density at radius 3 is 2.00 bits per heavy atom. The van der Waals surface area contributed by atoms with Crippen molar-refractivity contribution in [3.8, 4) is 0 Å². The SMILES string of the molecule is CCCNC(=O)[C@H](Cc1ccccc1)N(Cc1ccc(Cl)cc1)C(=O)CN(c1ccccc1C)S(=O)(=O)c1ccc(Cl)cc1. The number of hydrogen-bond donors (Lipinski definition) is 1. The summed E-state index contributed by atoms with van der Waals surface area (Å²) in [6, 6.07) is 28.3. The molecule has 10 heteroatoms. The Bertz CT molecular complexity index is 1670. The lowest BCUT2D eigenvalue weighted by Gasteiger charge is -2.34. The number of para-hydroxylation sites is 1. The van der Waals surface area contributed by atoms with Gasteiger partial charge in [0.2, 0.25) is 11.8 Å². The van der Waals surface area contributed by atoms with Crippen LogP contribution in [0.5, 0.6) is 0 Å². The van der Waals surface area contributed by atoms with E-state index in [0.717, 1.165) is 21.9 Å². The minimum Gasteiger partial charge on any atom is -0.354 e. The number of carbonyl (C=O) groups is 2. The summed E-state index contributed by atoms with van der Waals surface area (Å²) in [6.45, 7) is 3.70. The molecule has 7 nitrogen and oxygen atoms in total. The van der Waals surface area contributed by atoms with Crippen molar-refractivity contribution in [3.63, 3.8) is 0 Å². The van der Waals surface area contributed by atoms with E-state index in [1.165, 1.54) is 29.2 Å². The first kappa shape index (κ1) is 33.1. The molecule has 4 rings (SSSR count). The van der Waals surface area contributed by atoms with Crippen molar-refractivity contribution in [2.75, 3.05) is 17.4 Å². The molecule has 0 heterocycles. The Morgan fingerprint density at radius 1 is 0.795 bits per heavy atom. The molecule has 0 bridgehead atoms. The van der Waals surface area contributed by atoms with Crippen LogP contribution in [0.2, 0.25) is 10.0 Å². The van der Waals surface area contributed by atoms with Gasteiger partial charge in [-0.2, -0.15) is 0 Å². The zero-order valence-corrected chi connectivity index (χ0v) is 26.9. The van der Waals surface area contributed by atoms with E-state index in [-0.39, 0.29) is 23.8 Å². The summed E-state index contributed by atoms with van der Waals surface area (Å²) >= 11 is 12.2. The molecule has 0 saturated heterocycles. The van der Waals surface area contributed by atoms with Gasteiger partial charge in [0.05, 0.1) is 10.6 Å². The van der Waals surface area contributed by atoms with Crippen molar-refractivity contribution in [2.24, 2.45) is 0 Å². The maximum absolute atomic E-state index is 14.4. The van der Waals surface area contributed by atoms with Gasteiger partial charge in [-0.15, -0.1) is 0 Å². The Balaban J connectivity index is 1.80. The summed E-state index contributed by atoms with van der Waals surface area (Å²) in [5, 5.41) is 3.86. The van der Waals surface area contributed by atoms with Crippen LogP contribution in [-0.2, 0) is 32.6 Å². The summed E-state index contributed by atoms with van der Waals surface area (Å²) in [5.41, 5.74) is 2.63. The minimum absolute atomic E-state index is 0.0104. The molecule has 0 radical (unpaired) electrons. The Kier molecular flexibility index (Phi) is 11.4. The molecule has 4 aromatic carbocycles. The van der Waals surface area contributed by atoms with Crippen molar-refractivity contribution in [1.82, 2.24) is 10.2 Å². The number of anilines is 1. The molecule has 1 atom stereocenters. The van der Waals surface area contributed by atoms with E-state index in [1.54, 1.807) is 55.5 Å². The number of benzene rings is 4. The van der Waals surface area contributed by atoms with Crippen LogP contribution >= 0.6 is 23.2 Å². The predicted octanol–water partition coefficient (Wildman–Crippen LogP) is 6.66. The molecule has 0 saturated carbocycles. The fourth-order valence-corrected chi connectivity index (χ4v) is 6.53. The number of amides is 2. The summed E-state index contributed by atoms with van der Waals surface area (Å²) in [5.74, 6) is -0.852. The summed E-state index contributed by atoms with van der Waals surface area (Å²) < 4.78 is 29.3. The molecule has 230 valence electrons. The van der Waals surface area contributed by atoms with E-state index < -0.39 is 28.5 Å². The zero-order valence-electron chi connectivity index (χ0n) is 24.6. The summed E-state index contributed by atoms with van der Waals surface area (Å²) in [4.78, 5) is 29.6. The fraction of sp³-hybridized carbons (Fsp3) is 0.235. The zero-order chi connectivity index (χ0) is 31.7. The van der Waals surface area contributed by atoms with Crippen LogP contribution in [0.15, 0.2) is 108 Å². The van der Waals surface area contributed by atoms with Gasteiger partial charge in [0.25, 0.3) is 10.0 Å². The predicted molar refractivity (Wildman–Crippen MR) is 176 cm³/mol. The number of nitrogens with one attached hydrogen (secondary N) is 1. The highest BCUT2D eigenvalue weighted by Gasteiger charge is 2.35. The highest BCUT2D eigenvalue weighted by atomic mass is 35.5. The third-order valence-electron chi connectivity index (χ3n) is 7.15.